The molecule has 0 saturated heterocycles. The van der Waals surface area contributed by atoms with Crippen molar-refractivity contribution in [3.05, 3.63) is 0 Å². The molecule has 0 heterocycles. The SMILES string of the molecule is CCSC1CCCC1NS(=O)(=O)CCCCNC. The van der Waals surface area contributed by atoms with Crippen molar-refractivity contribution in [1.29, 1.82) is 0 Å². The number of thioether (sulfide) groups is 1. The minimum absolute atomic E-state index is 0.157. The molecular formula is C12H26N2O2S2. The van der Waals surface area contributed by atoms with E-state index in [0.29, 0.717) is 5.25 Å². The Hall–Kier alpha value is 0.220. The van der Waals surface area contributed by atoms with Crippen LogP contribution in [0.3, 0.4) is 0 Å². The fourth-order valence-corrected chi connectivity index (χ4v) is 5.09. The van der Waals surface area contributed by atoms with E-state index >= 15 is 0 Å². The second-order valence-electron chi connectivity index (χ2n) is 4.78. The van der Waals surface area contributed by atoms with Crippen LogP contribution in [0.1, 0.15) is 39.0 Å². The fourth-order valence-electron chi connectivity index (χ4n) is 2.36. The second kappa shape index (κ2) is 8.40. The summed E-state index contributed by atoms with van der Waals surface area (Å²) in [6.45, 7) is 3.01. The third kappa shape index (κ3) is 5.91. The molecule has 2 atom stereocenters. The van der Waals surface area contributed by atoms with Gasteiger partial charge in [0.15, 0.2) is 0 Å². The average Bonchev–Trinajstić information content (AvgIpc) is 2.72. The lowest BCUT2D eigenvalue weighted by Gasteiger charge is -2.20. The van der Waals surface area contributed by atoms with E-state index in [-0.39, 0.29) is 11.8 Å². The lowest BCUT2D eigenvalue weighted by molar-refractivity contribution is 0.550. The quantitative estimate of drug-likeness (QED) is 0.634. The molecule has 0 spiro atoms. The summed E-state index contributed by atoms with van der Waals surface area (Å²) >= 11 is 1.88. The summed E-state index contributed by atoms with van der Waals surface area (Å²) in [5, 5.41) is 3.51. The Morgan fingerprint density at radius 1 is 1.28 bits per heavy atom. The third-order valence-electron chi connectivity index (χ3n) is 3.25. The van der Waals surface area contributed by atoms with Crippen LogP contribution in [0.4, 0.5) is 0 Å². The molecule has 4 nitrogen and oxygen atoms in total. The minimum Gasteiger partial charge on any atom is -0.320 e. The predicted octanol–water partition coefficient (Wildman–Crippen LogP) is 1.58. The van der Waals surface area contributed by atoms with Gasteiger partial charge in [0.2, 0.25) is 10.0 Å². The highest BCUT2D eigenvalue weighted by Crippen LogP contribution is 2.30. The zero-order valence-corrected chi connectivity index (χ0v) is 13.1. The topological polar surface area (TPSA) is 58.2 Å². The first-order valence-corrected chi connectivity index (χ1v) is 9.55. The summed E-state index contributed by atoms with van der Waals surface area (Å²) in [5.41, 5.74) is 0. The van der Waals surface area contributed by atoms with Gasteiger partial charge >= 0.3 is 0 Å². The monoisotopic (exact) mass is 294 g/mol. The smallest absolute Gasteiger partial charge is 0.211 e. The molecule has 0 aromatic rings. The molecule has 1 fully saturated rings. The normalized spacial score (nSPS) is 24.6. The number of nitrogens with one attached hydrogen (secondary N) is 2. The lowest BCUT2D eigenvalue weighted by atomic mass is 10.3. The molecule has 2 N–H and O–H groups in total. The van der Waals surface area contributed by atoms with Gasteiger partial charge in [-0.3, -0.25) is 0 Å². The van der Waals surface area contributed by atoms with E-state index in [2.05, 4.69) is 17.0 Å². The van der Waals surface area contributed by atoms with Crippen LogP contribution < -0.4 is 10.0 Å². The Bertz CT molecular complexity index is 320. The van der Waals surface area contributed by atoms with E-state index in [9.17, 15) is 8.42 Å². The van der Waals surface area contributed by atoms with Crippen LogP contribution in [0, 0.1) is 0 Å². The van der Waals surface area contributed by atoms with Crippen molar-refractivity contribution in [1.82, 2.24) is 10.0 Å². The lowest BCUT2D eigenvalue weighted by Crippen LogP contribution is -2.40. The molecule has 0 aliphatic heterocycles. The molecule has 0 aromatic heterocycles. The van der Waals surface area contributed by atoms with Crippen LogP contribution in [0.5, 0.6) is 0 Å². The van der Waals surface area contributed by atoms with Gasteiger partial charge in [0.05, 0.1) is 5.75 Å². The summed E-state index contributed by atoms with van der Waals surface area (Å²) in [7, 11) is -1.20. The average molecular weight is 294 g/mol. The van der Waals surface area contributed by atoms with Gasteiger partial charge < -0.3 is 5.32 Å². The van der Waals surface area contributed by atoms with Crippen LogP contribution in [0.2, 0.25) is 0 Å². The molecule has 0 aromatic carbocycles. The van der Waals surface area contributed by atoms with E-state index in [0.717, 1.165) is 44.4 Å². The van der Waals surface area contributed by atoms with Crippen LogP contribution in [0.25, 0.3) is 0 Å². The van der Waals surface area contributed by atoms with Crippen molar-refractivity contribution in [3.63, 3.8) is 0 Å². The van der Waals surface area contributed by atoms with Crippen molar-refractivity contribution in [2.75, 3.05) is 25.1 Å². The van der Waals surface area contributed by atoms with Crippen molar-refractivity contribution >= 4 is 21.8 Å². The van der Waals surface area contributed by atoms with Gasteiger partial charge in [0, 0.05) is 11.3 Å². The Labute approximate surface area is 116 Å². The van der Waals surface area contributed by atoms with Crippen LogP contribution in [-0.4, -0.2) is 44.8 Å². The largest absolute Gasteiger partial charge is 0.320 e. The number of rotatable bonds is 9. The number of hydrogen-bond donors (Lipinski definition) is 2. The first-order valence-electron chi connectivity index (χ1n) is 6.85. The van der Waals surface area contributed by atoms with Crippen molar-refractivity contribution < 1.29 is 8.42 Å². The summed E-state index contributed by atoms with van der Waals surface area (Å²) in [6, 6.07) is 0.157. The number of unbranched alkanes of at least 4 members (excludes halogenated alkanes) is 1. The number of hydrogen-bond acceptors (Lipinski definition) is 4. The van der Waals surface area contributed by atoms with Gasteiger partial charge in [-0.05, 0) is 45.0 Å². The highest BCUT2D eigenvalue weighted by molar-refractivity contribution is 8.00. The van der Waals surface area contributed by atoms with Crippen LogP contribution in [0.15, 0.2) is 0 Å². The molecule has 108 valence electrons. The molecule has 0 bridgehead atoms. The first kappa shape index (κ1) is 16.3. The minimum atomic E-state index is -3.09. The summed E-state index contributed by atoms with van der Waals surface area (Å²) < 4.78 is 26.8. The zero-order chi connectivity index (χ0) is 13.4. The molecule has 1 saturated carbocycles. The van der Waals surface area contributed by atoms with Gasteiger partial charge in [0.1, 0.15) is 0 Å². The van der Waals surface area contributed by atoms with E-state index in [1.165, 1.54) is 0 Å². The standard InChI is InChI=1S/C12H26N2O2S2/c1-3-17-12-8-6-7-11(12)14-18(15,16)10-5-4-9-13-2/h11-14H,3-10H2,1-2H3. The molecule has 0 amide bonds. The van der Waals surface area contributed by atoms with Crippen molar-refractivity contribution in [2.45, 2.75) is 50.3 Å². The zero-order valence-electron chi connectivity index (χ0n) is 11.4. The molecule has 2 unspecified atom stereocenters. The Kier molecular flexibility index (Phi) is 7.60. The molecule has 6 heteroatoms. The van der Waals surface area contributed by atoms with E-state index in [1.54, 1.807) is 0 Å². The Morgan fingerprint density at radius 3 is 2.72 bits per heavy atom. The summed E-state index contributed by atoms with van der Waals surface area (Å²) in [4.78, 5) is 0. The summed E-state index contributed by atoms with van der Waals surface area (Å²) in [5.74, 6) is 1.32. The highest BCUT2D eigenvalue weighted by Gasteiger charge is 2.30. The first-order chi connectivity index (χ1) is 8.59. The molecule has 1 aliphatic rings. The predicted molar refractivity (Wildman–Crippen MR) is 79.6 cm³/mol. The van der Waals surface area contributed by atoms with Gasteiger partial charge in [-0.25, -0.2) is 13.1 Å². The maximum Gasteiger partial charge on any atom is 0.211 e. The Balaban J connectivity index is 2.34. The van der Waals surface area contributed by atoms with Gasteiger partial charge in [-0.1, -0.05) is 13.3 Å². The molecule has 1 aliphatic carbocycles. The van der Waals surface area contributed by atoms with Gasteiger partial charge in [0.25, 0.3) is 0 Å². The van der Waals surface area contributed by atoms with Crippen molar-refractivity contribution in [3.8, 4) is 0 Å². The fraction of sp³-hybridized carbons (Fsp3) is 1.00. The molecular weight excluding hydrogens is 268 g/mol. The maximum absolute atomic E-state index is 12.0. The van der Waals surface area contributed by atoms with E-state index in [1.807, 2.05) is 18.8 Å². The van der Waals surface area contributed by atoms with Gasteiger partial charge in [-0.15, -0.1) is 0 Å². The second-order valence-corrected chi connectivity index (χ2v) is 8.17. The van der Waals surface area contributed by atoms with Crippen LogP contribution >= 0.6 is 11.8 Å². The van der Waals surface area contributed by atoms with E-state index < -0.39 is 10.0 Å². The number of sulfonamides is 1. The van der Waals surface area contributed by atoms with E-state index in [4.69, 9.17) is 0 Å². The molecule has 0 radical (unpaired) electrons. The van der Waals surface area contributed by atoms with Gasteiger partial charge in [-0.2, -0.15) is 11.8 Å². The third-order valence-corrected chi connectivity index (χ3v) is 6.07. The van der Waals surface area contributed by atoms with Crippen LogP contribution in [-0.2, 0) is 10.0 Å². The Morgan fingerprint density at radius 2 is 2.06 bits per heavy atom. The molecule has 1 rings (SSSR count). The molecule has 18 heavy (non-hydrogen) atoms. The maximum atomic E-state index is 12.0. The summed E-state index contributed by atoms with van der Waals surface area (Å²) in [6.07, 6.45) is 4.92. The highest BCUT2D eigenvalue weighted by atomic mass is 32.2. The van der Waals surface area contributed by atoms with Crippen molar-refractivity contribution in [2.24, 2.45) is 0 Å².